The van der Waals surface area contributed by atoms with Crippen LogP contribution in [0.4, 0.5) is 4.79 Å². The molecule has 2 heterocycles. The summed E-state index contributed by atoms with van der Waals surface area (Å²) in [5.41, 5.74) is 8.90. The number of para-hydroxylation sites is 1. The van der Waals surface area contributed by atoms with Gasteiger partial charge in [-0.1, -0.05) is 71.9 Å². The number of fused-ring (bicyclic) bond motifs is 2. The number of hydrogen-bond acceptors (Lipinski definition) is 11. The Morgan fingerprint density at radius 2 is 1.67 bits per heavy atom. The third-order valence-corrected chi connectivity index (χ3v) is 10.7. The van der Waals surface area contributed by atoms with Gasteiger partial charge in [0.15, 0.2) is 0 Å². The van der Waals surface area contributed by atoms with Gasteiger partial charge in [0.25, 0.3) is 21.8 Å². The Hall–Kier alpha value is -5.95. The molecule has 1 saturated carbocycles. The van der Waals surface area contributed by atoms with Crippen molar-refractivity contribution in [3.05, 3.63) is 102 Å². The highest BCUT2D eigenvalue weighted by Crippen LogP contribution is 2.27. The van der Waals surface area contributed by atoms with E-state index in [1.54, 1.807) is 60.8 Å². The molecule has 2 aromatic heterocycles. The van der Waals surface area contributed by atoms with E-state index in [1.165, 1.54) is 18.2 Å². The van der Waals surface area contributed by atoms with Crippen molar-refractivity contribution < 1.29 is 42.4 Å². The molecule has 3 atom stereocenters. The van der Waals surface area contributed by atoms with Crippen molar-refractivity contribution in [2.75, 3.05) is 6.54 Å². The highest BCUT2D eigenvalue weighted by molar-refractivity contribution is 7.89. The van der Waals surface area contributed by atoms with Crippen LogP contribution < -0.4 is 21.8 Å². The summed E-state index contributed by atoms with van der Waals surface area (Å²) < 4.78 is 28.7. The maximum atomic E-state index is 14.0. The molecule has 0 saturated heterocycles. The first-order valence-electron chi connectivity index (χ1n) is 17.5. The SMILES string of the molecule is NC(=O)C[C@H](NC(=O)c1ccc2ccccc2n1)C(=O)NOC(=O)N[C@@H](Cc1ccccc1)[C@@H](O)CN(OC1CCCC1)S(=O)(=O)c1ccc2cn[nH]c2c1. The van der Waals surface area contributed by atoms with Crippen LogP contribution in [-0.2, 0) is 35.7 Å². The molecule has 55 heavy (non-hydrogen) atoms. The first-order chi connectivity index (χ1) is 26.5. The predicted molar refractivity (Wildman–Crippen MR) is 198 cm³/mol. The molecule has 3 aromatic carbocycles. The fourth-order valence-electron chi connectivity index (χ4n) is 6.17. The maximum absolute atomic E-state index is 14.0. The lowest BCUT2D eigenvalue weighted by atomic mass is 10.0. The number of carbonyl (C=O) groups is 4. The molecular weight excluding hydrogens is 733 g/mol. The van der Waals surface area contributed by atoms with Crippen LogP contribution in [0.2, 0.25) is 0 Å². The largest absolute Gasteiger partial charge is 0.431 e. The standard InChI is InChI=1S/C37H40N8O9S/c38-34(47)20-32(41-35(48)29-17-15-24-10-4-7-13-28(24)40-29)36(49)44-53-37(50)42-31(18-23-8-2-1-3-9-23)33(46)22-45(54-26-11-5-6-12-26)55(51,52)27-16-14-25-21-39-43-30(25)19-27/h1-4,7-10,13-17,19,21,26,31-33,46H,5-6,11-12,18,20,22H2,(H2,38,47)(H,39,43)(H,41,48)(H,42,50)(H,44,49)/t31-,32-,33-/m0/s1. The number of sulfonamides is 1. The Balaban J connectivity index is 1.15. The van der Waals surface area contributed by atoms with E-state index in [2.05, 4.69) is 25.8 Å². The Morgan fingerprint density at radius 1 is 0.945 bits per heavy atom. The second kappa shape index (κ2) is 17.5. The van der Waals surface area contributed by atoms with Crippen LogP contribution in [0.3, 0.4) is 0 Å². The number of hydroxylamine groups is 2. The number of rotatable bonds is 15. The van der Waals surface area contributed by atoms with Crippen molar-refractivity contribution >= 4 is 55.6 Å². The number of aromatic nitrogens is 3. The van der Waals surface area contributed by atoms with Crippen LogP contribution in [0.1, 0.15) is 48.2 Å². The fourth-order valence-corrected chi connectivity index (χ4v) is 7.49. The summed E-state index contributed by atoms with van der Waals surface area (Å²) in [4.78, 5) is 66.2. The van der Waals surface area contributed by atoms with Crippen LogP contribution in [0.25, 0.3) is 21.8 Å². The summed E-state index contributed by atoms with van der Waals surface area (Å²) in [5.74, 6) is -2.79. The fraction of sp³-hybridized carbons (Fsp3) is 0.297. The minimum atomic E-state index is -4.34. The first-order valence-corrected chi connectivity index (χ1v) is 19.0. The summed E-state index contributed by atoms with van der Waals surface area (Å²) in [6.07, 6.45) is 0.668. The Kier molecular flexibility index (Phi) is 12.3. The number of hydrogen-bond donors (Lipinski definition) is 6. The van der Waals surface area contributed by atoms with Crippen molar-refractivity contribution in [3.63, 3.8) is 0 Å². The predicted octanol–water partition coefficient (Wildman–Crippen LogP) is 2.38. The Bertz CT molecular complexity index is 2260. The molecule has 0 spiro atoms. The van der Waals surface area contributed by atoms with Crippen LogP contribution in [0.15, 0.2) is 96.0 Å². The zero-order valence-electron chi connectivity index (χ0n) is 29.5. The minimum Gasteiger partial charge on any atom is -0.389 e. The number of nitrogens with one attached hydrogen (secondary N) is 4. The molecule has 0 bridgehead atoms. The normalized spacial score (nSPS) is 15.0. The summed E-state index contributed by atoms with van der Waals surface area (Å²) in [6, 6.07) is 20.7. The van der Waals surface area contributed by atoms with Gasteiger partial charge in [-0.25, -0.2) is 18.2 Å². The third-order valence-electron chi connectivity index (χ3n) is 9.05. The molecule has 5 aromatic rings. The topological polar surface area (TPSA) is 248 Å². The molecular formula is C37H40N8O9S. The van der Waals surface area contributed by atoms with E-state index in [-0.39, 0.29) is 17.0 Å². The Labute approximate surface area is 315 Å². The number of nitrogens with zero attached hydrogens (tertiary/aromatic N) is 3. The van der Waals surface area contributed by atoms with E-state index in [4.69, 9.17) is 15.4 Å². The molecule has 17 nitrogen and oxygen atoms in total. The molecule has 18 heteroatoms. The van der Waals surface area contributed by atoms with E-state index in [9.17, 15) is 32.7 Å². The zero-order valence-corrected chi connectivity index (χ0v) is 30.3. The number of H-pyrrole nitrogens is 1. The maximum Gasteiger partial charge on any atom is 0.431 e. The number of primary amides is 1. The van der Waals surface area contributed by atoms with E-state index < -0.39 is 71.1 Å². The van der Waals surface area contributed by atoms with E-state index in [0.29, 0.717) is 34.8 Å². The van der Waals surface area contributed by atoms with Gasteiger partial charge in [0, 0.05) is 10.8 Å². The molecule has 1 aliphatic rings. The minimum absolute atomic E-state index is 0.0155. The van der Waals surface area contributed by atoms with Gasteiger partial charge in [-0.3, -0.25) is 24.3 Å². The van der Waals surface area contributed by atoms with Gasteiger partial charge < -0.3 is 26.3 Å². The quantitative estimate of drug-likeness (QED) is 0.0844. The average molecular weight is 773 g/mol. The van der Waals surface area contributed by atoms with E-state index >= 15 is 0 Å². The van der Waals surface area contributed by atoms with Crippen molar-refractivity contribution in [1.82, 2.24) is 35.8 Å². The van der Waals surface area contributed by atoms with Crippen molar-refractivity contribution in [3.8, 4) is 0 Å². The molecule has 0 aliphatic heterocycles. The summed E-state index contributed by atoms with van der Waals surface area (Å²) in [6.45, 7) is -0.584. The summed E-state index contributed by atoms with van der Waals surface area (Å²) >= 11 is 0. The van der Waals surface area contributed by atoms with Crippen LogP contribution in [0, 0.1) is 0 Å². The van der Waals surface area contributed by atoms with Gasteiger partial charge in [-0.15, -0.1) is 0 Å². The Morgan fingerprint density at radius 3 is 2.44 bits per heavy atom. The van der Waals surface area contributed by atoms with Gasteiger partial charge in [0.05, 0.1) is 53.3 Å². The second-order valence-corrected chi connectivity index (χ2v) is 14.9. The van der Waals surface area contributed by atoms with Gasteiger partial charge in [0.2, 0.25) is 5.91 Å². The number of pyridine rings is 1. The third kappa shape index (κ3) is 9.98. The molecule has 288 valence electrons. The number of benzene rings is 3. The number of aliphatic hydroxyl groups excluding tert-OH is 1. The summed E-state index contributed by atoms with van der Waals surface area (Å²) in [5, 5.41) is 24.6. The second-order valence-electron chi connectivity index (χ2n) is 13.1. The summed E-state index contributed by atoms with van der Waals surface area (Å²) in [7, 11) is -4.34. The van der Waals surface area contributed by atoms with Crippen LogP contribution in [0.5, 0.6) is 0 Å². The molecule has 1 fully saturated rings. The van der Waals surface area contributed by atoms with E-state index in [1.807, 2.05) is 17.6 Å². The molecule has 6 rings (SSSR count). The first kappa shape index (κ1) is 38.8. The number of amides is 4. The highest BCUT2D eigenvalue weighted by Gasteiger charge is 2.35. The number of aromatic amines is 1. The van der Waals surface area contributed by atoms with Crippen LogP contribution in [-0.4, -0.2) is 87.8 Å². The van der Waals surface area contributed by atoms with Gasteiger partial charge in [-0.05, 0) is 55.2 Å². The van der Waals surface area contributed by atoms with Crippen molar-refractivity contribution in [1.29, 1.82) is 0 Å². The monoisotopic (exact) mass is 772 g/mol. The van der Waals surface area contributed by atoms with Crippen LogP contribution >= 0.6 is 0 Å². The molecule has 1 aliphatic carbocycles. The number of nitrogens with two attached hydrogens (primary N) is 1. The number of carbonyl (C=O) groups excluding carboxylic acids is 4. The average Bonchev–Trinajstić information content (AvgIpc) is 3.88. The van der Waals surface area contributed by atoms with Gasteiger partial charge in [-0.2, -0.15) is 10.6 Å². The van der Waals surface area contributed by atoms with Crippen molar-refractivity contribution in [2.24, 2.45) is 5.73 Å². The zero-order chi connectivity index (χ0) is 39.0. The van der Waals surface area contributed by atoms with E-state index in [0.717, 1.165) is 22.7 Å². The number of aliphatic hydroxyl groups is 1. The molecule has 7 N–H and O–H groups in total. The lowest BCUT2D eigenvalue weighted by Crippen LogP contribution is -2.53. The molecule has 0 radical (unpaired) electrons. The molecule has 4 amide bonds. The lowest BCUT2D eigenvalue weighted by molar-refractivity contribution is -0.145. The smallest absolute Gasteiger partial charge is 0.389 e. The van der Waals surface area contributed by atoms with Crippen molar-refractivity contribution in [2.45, 2.75) is 67.7 Å². The van der Waals surface area contributed by atoms with Gasteiger partial charge in [0.1, 0.15) is 11.7 Å². The highest BCUT2D eigenvalue weighted by atomic mass is 32.2. The lowest BCUT2D eigenvalue weighted by Gasteiger charge is -2.30. The van der Waals surface area contributed by atoms with Gasteiger partial charge >= 0.3 is 6.09 Å². The molecule has 0 unspecified atom stereocenters.